The van der Waals surface area contributed by atoms with E-state index in [-0.39, 0.29) is 6.61 Å². The van der Waals surface area contributed by atoms with Crippen molar-refractivity contribution >= 4 is 23.3 Å². The molecule has 5 heteroatoms. The second-order valence-corrected chi connectivity index (χ2v) is 3.99. The van der Waals surface area contributed by atoms with E-state index in [9.17, 15) is 4.79 Å². The van der Waals surface area contributed by atoms with Gasteiger partial charge in [0.25, 0.3) is 0 Å². The minimum Gasteiger partial charge on any atom is -0.456 e. The average Bonchev–Trinajstić information content (AvgIpc) is 2.73. The van der Waals surface area contributed by atoms with Crippen LogP contribution in [0, 0.1) is 0 Å². The predicted octanol–water partition coefficient (Wildman–Crippen LogP) is 2.61. The summed E-state index contributed by atoms with van der Waals surface area (Å²) in [7, 11) is 0. The van der Waals surface area contributed by atoms with Gasteiger partial charge in [0.15, 0.2) is 0 Å². The first kappa shape index (κ1) is 11.5. The summed E-state index contributed by atoms with van der Waals surface area (Å²) in [4.78, 5) is 14.3. The van der Waals surface area contributed by atoms with E-state index in [4.69, 9.17) is 22.1 Å². The van der Waals surface area contributed by atoms with Crippen molar-refractivity contribution in [2.45, 2.75) is 6.61 Å². The Bertz CT molecular complexity index is 537. The van der Waals surface area contributed by atoms with Gasteiger partial charge in [0.2, 0.25) is 0 Å². The summed E-state index contributed by atoms with van der Waals surface area (Å²) < 4.78 is 5.10. The molecular formula is C12H11ClN2O2. The largest absolute Gasteiger partial charge is 0.456 e. The highest BCUT2D eigenvalue weighted by molar-refractivity contribution is 6.30. The zero-order chi connectivity index (χ0) is 12.3. The number of esters is 1. The van der Waals surface area contributed by atoms with E-state index in [0.717, 1.165) is 5.56 Å². The fourth-order valence-corrected chi connectivity index (χ4v) is 1.60. The van der Waals surface area contributed by atoms with Gasteiger partial charge in [0, 0.05) is 11.2 Å². The van der Waals surface area contributed by atoms with E-state index in [1.807, 2.05) is 6.07 Å². The number of nitrogens with two attached hydrogens (primary N) is 1. The van der Waals surface area contributed by atoms with Gasteiger partial charge >= 0.3 is 5.97 Å². The lowest BCUT2D eigenvalue weighted by atomic mass is 10.2. The first-order chi connectivity index (χ1) is 8.15. The Morgan fingerprint density at radius 1 is 1.41 bits per heavy atom. The summed E-state index contributed by atoms with van der Waals surface area (Å²) in [5, 5.41) is 0.614. The number of ether oxygens (including phenoxy) is 1. The number of hydrogen-bond acceptors (Lipinski definition) is 3. The molecule has 1 aromatic heterocycles. The van der Waals surface area contributed by atoms with E-state index in [1.54, 1.807) is 18.2 Å². The molecule has 0 aliphatic heterocycles. The van der Waals surface area contributed by atoms with Gasteiger partial charge in [0.05, 0.1) is 5.69 Å². The van der Waals surface area contributed by atoms with Gasteiger partial charge < -0.3 is 15.5 Å². The zero-order valence-electron chi connectivity index (χ0n) is 8.94. The first-order valence-electron chi connectivity index (χ1n) is 5.00. The maximum absolute atomic E-state index is 11.6. The molecule has 0 bridgehead atoms. The molecule has 0 saturated heterocycles. The molecule has 0 unspecified atom stereocenters. The van der Waals surface area contributed by atoms with Crippen molar-refractivity contribution in [3.05, 3.63) is 52.8 Å². The average molecular weight is 251 g/mol. The molecular weight excluding hydrogens is 240 g/mol. The van der Waals surface area contributed by atoms with Gasteiger partial charge in [-0.1, -0.05) is 23.7 Å². The third-order valence-corrected chi connectivity index (χ3v) is 2.42. The highest BCUT2D eigenvalue weighted by atomic mass is 35.5. The van der Waals surface area contributed by atoms with Crippen molar-refractivity contribution in [2.75, 3.05) is 5.73 Å². The standard InChI is InChI=1S/C12H11ClN2O2/c13-9-3-1-2-8(4-9)7-17-12(16)11-5-10(14)6-15-11/h1-6,15H,7,14H2. The summed E-state index contributed by atoms with van der Waals surface area (Å²) in [6, 6.07) is 8.68. The topological polar surface area (TPSA) is 68.1 Å². The zero-order valence-corrected chi connectivity index (χ0v) is 9.70. The fraction of sp³-hybridized carbons (Fsp3) is 0.0833. The Labute approximate surface area is 103 Å². The number of aromatic amines is 1. The number of nitrogen functional groups attached to an aromatic ring is 1. The predicted molar refractivity (Wildman–Crippen MR) is 65.8 cm³/mol. The molecule has 0 fully saturated rings. The van der Waals surface area contributed by atoms with Crippen molar-refractivity contribution in [2.24, 2.45) is 0 Å². The van der Waals surface area contributed by atoms with Crippen molar-refractivity contribution in [1.29, 1.82) is 0 Å². The number of nitrogens with one attached hydrogen (secondary N) is 1. The van der Waals surface area contributed by atoms with E-state index < -0.39 is 5.97 Å². The Balaban J connectivity index is 1.97. The first-order valence-corrected chi connectivity index (χ1v) is 5.38. The van der Waals surface area contributed by atoms with Gasteiger partial charge in [-0.15, -0.1) is 0 Å². The maximum Gasteiger partial charge on any atom is 0.355 e. The number of carbonyl (C=O) groups excluding carboxylic acids is 1. The fourth-order valence-electron chi connectivity index (χ4n) is 1.38. The van der Waals surface area contributed by atoms with Crippen LogP contribution in [-0.2, 0) is 11.3 Å². The number of aromatic nitrogens is 1. The van der Waals surface area contributed by atoms with Crippen LogP contribution in [0.2, 0.25) is 5.02 Å². The Hall–Kier alpha value is -1.94. The van der Waals surface area contributed by atoms with Crippen LogP contribution in [-0.4, -0.2) is 11.0 Å². The highest BCUT2D eigenvalue weighted by Crippen LogP contribution is 2.12. The quantitative estimate of drug-likeness (QED) is 0.823. The number of anilines is 1. The summed E-state index contributed by atoms with van der Waals surface area (Å²) in [5.74, 6) is -0.443. The lowest BCUT2D eigenvalue weighted by Gasteiger charge is -2.03. The van der Waals surface area contributed by atoms with Crippen LogP contribution < -0.4 is 5.73 Å². The number of rotatable bonds is 3. The molecule has 4 nitrogen and oxygen atoms in total. The summed E-state index contributed by atoms with van der Waals surface area (Å²) in [6.45, 7) is 0.179. The number of carbonyl (C=O) groups is 1. The van der Waals surface area contributed by atoms with Crippen LogP contribution in [0.4, 0.5) is 5.69 Å². The number of halogens is 1. The molecule has 0 aliphatic carbocycles. The van der Waals surface area contributed by atoms with Gasteiger partial charge in [-0.3, -0.25) is 0 Å². The molecule has 0 amide bonds. The SMILES string of the molecule is Nc1c[nH]c(C(=O)OCc2cccc(Cl)c2)c1. The summed E-state index contributed by atoms with van der Waals surface area (Å²) >= 11 is 5.82. The molecule has 0 aliphatic rings. The van der Waals surface area contributed by atoms with Crippen LogP contribution >= 0.6 is 11.6 Å². The summed E-state index contributed by atoms with van der Waals surface area (Å²) in [6.07, 6.45) is 1.54. The lowest BCUT2D eigenvalue weighted by Crippen LogP contribution is -2.05. The van der Waals surface area contributed by atoms with E-state index in [1.165, 1.54) is 12.3 Å². The lowest BCUT2D eigenvalue weighted by molar-refractivity contribution is 0.0466. The Kier molecular flexibility index (Phi) is 3.35. The van der Waals surface area contributed by atoms with Gasteiger partial charge in [-0.05, 0) is 23.8 Å². The number of H-pyrrole nitrogens is 1. The van der Waals surface area contributed by atoms with Crippen molar-refractivity contribution < 1.29 is 9.53 Å². The van der Waals surface area contributed by atoms with Gasteiger partial charge in [0.1, 0.15) is 12.3 Å². The summed E-state index contributed by atoms with van der Waals surface area (Å²) in [5.41, 5.74) is 7.16. The Morgan fingerprint density at radius 2 is 2.24 bits per heavy atom. The smallest absolute Gasteiger partial charge is 0.355 e. The van der Waals surface area contributed by atoms with Gasteiger partial charge in [-0.25, -0.2) is 4.79 Å². The second kappa shape index (κ2) is 4.93. The van der Waals surface area contributed by atoms with E-state index in [0.29, 0.717) is 16.4 Å². The van der Waals surface area contributed by atoms with Crippen molar-refractivity contribution in [1.82, 2.24) is 4.98 Å². The van der Waals surface area contributed by atoms with Crippen LogP contribution in [0.3, 0.4) is 0 Å². The molecule has 17 heavy (non-hydrogen) atoms. The molecule has 1 aromatic carbocycles. The molecule has 2 rings (SSSR count). The van der Waals surface area contributed by atoms with E-state index >= 15 is 0 Å². The monoisotopic (exact) mass is 250 g/mol. The third-order valence-electron chi connectivity index (χ3n) is 2.18. The number of benzene rings is 1. The molecule has 88 valence electrons. The molecule has 3 N–H and O–H groups in total. The third kappa shape index (κ3) is 3.01. The van der Waals surface area contributed by atoms with Gasteiger partial charge in [-0.2, -0.15) is 0 Å². The molecule has 0 spiro atoms. The molecule has 1 heterocycles. The van der Waals surface area contributed by atoms with Crippen LogP contribution in [0.5, 0.6) is 0 Å². The second-order valence-electron chi connectivity index (χ2n) is 3.55. The minimum absolute atomic E-state index is 0.179. The normalized spacial score (nSPS) is 10.2. The molecule has 0 atom stereocenters. The van der Waals surface area contributed by atoms with Crippen molar-refractivity contribution in [3.8, 4) is 0 Å². The van der Waals surface area contributed by atoms with Crippen molar-refractivity contribution in [3.63, 3.8) is 0 Å². The molecule has 0 saturated carbocycles. The number of hydrogen-bond donors (Lipinski definition) is 2. The molecule has 0 radical (unpaired) electrons. The van der Waals surface area contributed by atoms with Crippen LogP contribution in [0.15, 0.2) is 36.5 Å². The Morgan fingerprint density at radius 3 is 2.88 bits per heavy atom. The minimum atomic E-state index is -0.443. The van der Waals surface area contributed by atoms with Crippen LogP contribution in [0.25, 0.3) is 0 Å². The van der Waals surface area contributed by atoms with Crippen LogP contribution in [0.1, 0.15) is 16.1 Å². The maximum atomic E-state index is 11.6. The highest BCUT2D eigenvalue weighted by Gasteiger charge is 2.09. The van der Waals surface area contributed by atoms with E-state index in [2.05, 4.69) is 4.98 Å². The molecule has 2 aromatic rings.